The van der Waals surface area contributed by atoms with Crippen molar-refractivity contribution in [1.29, 1.82) is 5.26 Å². The molecule has 0 aliphatic heterocycles. The summed E-state index contributed by atoms with van der Waals surface area (Å²) in [6.07, 6.45) is -2.15. The van der Waals surface area contributed by atoms with Crippen molar-refractivity contribution in [3.8, 4) is 6.07 Å². The highest BCUT2D eigenvalue weighted by atomic mass is 16.3. The lowest BCUT2D eigenvalue weighted by Crippen LogP contribution is -2.27. The molecule has 0 aromatic heterocycles. The molecule has 0 saturated carbocycles. The van der Waals surface area contributed by atoms with E-state index in [4.69, 9.17) is 11.0 Å². The van der Waals surface area contributed by atoms with Crippen molar-refractivity contribution in [3.05, 3.63) is 34.9 Å². The molecule has 0 amide bonds. The van der Waals surface area contributed by atoms with E-state index in [1.54, 1.807) is 18.2 Å². The van der Waals surface area contributed by atoms with Crippen molar-refractivity contribution >= 4 is 0 Å². The largest absolute Gasteiger partial charge is 0.389 e. The topological polar surface area (TPSA) is 90.3 Å². The second-order valence-electron chi connectivity index (χ2n) is 3.45. The Morgan fingerprint density at radius 3 is 2.67 bits per heavy atom. The predicted molar refractivity (Wildman–Crippen MR) is 55.9 cm³/mol. The Balaban J connectivity index is 3.09. The fraction of sp³-hybridized carbons (Fsp3) is 0.364. The summed E-state index contributed by atoms with van der Waals surface area (Å²) >= 11 is 0. The van der Waals surface area contributed by atoms with Gasteiger partial charge in [-0.2, -0.15) is 5.26 Å². The van der Waals surface area contributed by atoms with Crippen LogP contribution in [0.3, 0.4) is 0 Å². The zero-order valence-electron chi connectivity index (χ0n) is 8.51. The summed E-state index contributed by atoms with van der Waals surface area (Å²) in [5.41, 5.74) is 6.96. The Hall–Kier alpha value is -1.41. The molecule has 1 aromatic carbocycles. The molecule has 2 unspecified atom stereocenters. The van der Waals surface area contributed by atoms with E-state index in [0.717, 1.165) is 5.56 Å². The Morgan fingerprint density at radius 2 is 2.13 bits per heavy atom. The van der Waals surface area contributed by atoms with Gasteiger partial charge in [0.2, 0.25) is 0 Å². The SMILES string of the molecule is Cc1ccc(C(O)C(O)CN)c(C#N)c1. The van der Waals surface area contributed by atoms with Crippen molar-refractivity contribution in [2.75, 3.05) is 6.54 Å². The van der Waals surface area contributed by atoms with Crippen LogP contribution >= 0.6 is 0 Å². The molecular weight excluding hydrogens is 192 g/mol. The van der Waals surface area contributed by atoms with E-state index in [2.05, 4.69) is 0 Å². The highest BCUT2D eigenvalue weighted by Gasteiger charge is 2.19. The summed E-state index contributed by atoms with van der Waals surface area (Å²) in [6.45, 7) is 1.82. The van der Waals surface area contributed by atoms with E-state index in [1.807, 2.05) is 13.0 Å². The number of nitrogens with two attached hydrogens (primary N) is 1. The van der Waals surface area contributed by atoms with Crippen LogP contribution in [0.25, 0.3) is 0 Å². The van der Waals surface area contributed by atoms with Gasteiger partial charge in [-0.05, 0) is 18.6 Å². The Labute approximate surface area is 88.6 Å². The zero-order valence-corrected chi connectivity index (χ0v) is 8.51. The molecule has 0 saturated heterocycles. The Kier molecular flexibility index (Phi) is 3.81. The third kappa shape index (κ3) is 2.54. The third-order valence-corrected chi connectivity index (χ3v) is 2.25. The minimum atomic E-state index is -1.11. The van der Waals surface area contributed by atoms with E-state index in [-0.39, 0.29) is 6.54 Å². The second-order valence-corrected chi connectivity index (χ2v) is 3.45. The van der Waals surface area contributed by atoms with Crippen LogP contribution in [0.15, 0.2) is 18.2 Å². The standard InChI is InChI=1S/C11H14N2O2/c1-7-2-3-9(8(4-7)5-12)11(15)10(14)6-13/h2-4,10-11,14-15H,6,13H2,1H3. The van der Waals surface area contributed by atoms with Crippen molar-refractivity contribution < 1.29 is 10.2 Å². The molecule has 0 heterocycles. The molecule has 0 fully saturated rings. The second kappa shape index (κ2) is 4.89. The fourth-order valence-electron chi connectivity index (χ4n) is 1.36. The van der Waals surface area contributed by atoms with Crippen molar-refractivity contribution in [2.24, 2.45) is 5.73 Å². The molecular formula is C11H14N2O2. The molecule has 0 bridgehead atoms. The van der Waals surface area contributed by atoms with Gasteiger partial charge >= 0.3 is 0 Å². The monoisotopic (exact) mass is 206 g/mol. The van der Waals surface area contributed by atoms with Gasteiger partial charge in [0.15, 0.2) is 0 Å². The molecule has 15 heavy (non-hydrogen) atoms. The first-order valence-electron chi connectivity index (χ1n) is 4.67. The van der Waals surface area contributed by atoms with Crippen LogP contribution < -0.4 is 5.73 Å². The van der Waals surface area contributed by atoms with Crippen molar-refractivity contribution in [3.63, 3.8) is 0 Å². The summed E-state index contributed by atoms with van der Waals surface area (Å²) in [5, 5.41) is 28.0. The van der Waals surface area contributed by atoms with Crippen LogP contribution in [-0.2, 0) is 0 Å². The van der Waals surface area contributed by atoms with Gasteiger partial charge in [-0.1, -0.05) is 12.1 Å². The van der Waals surface area contributed by atoms with E-state index in [0.29, 0.717) is 11.1 Å². The van der Waals surface area contributed by atoms with Crippen molar-refractivity contribution in [1.82, 2.24) is 0 Å². The molecule has 1 rings (SSSR count). The highest BCUT2D eigenvalue weighted by molar-refractivity contribution is 5.41. The number of nitriles is 1. The molecule has 0 radical (unpaired) electrons. The number of aryl methyl sites for hydroxylation is 1. The van der Waals surface area contributed by atoms with Crippen LogP contribution in [-0.4, -0.2) is 22.9 Å². The van der Waals surface area contributed by atoms with Gasteiger partial charge in [-0.15, -0.1) is 0 Å². The average Bonchev–Trinajstić information content (AvgIpc) is 2.26. The molecule has 0 aliphatic carbocycles. The molecule has 1 aromatic rings. The lowest BCUT2D eigenvalue weighted by atomic mass is 9.97. The number of aliphatic hydroxyl groups is 2. The van der Waals surface area contributed by atoms with Gasteiger partial charge in [-0.3, -0.25) is 0 Å². The van der Waals surface area contributed by atoms with Gasteiger partial charge in [0.05, 0.1) is 17.7 Å². The predicted octanol–water partition coefficient (Wildman–Crippen LogP) is 0.220. The first-order chi connectivity index (χ1) is 7.10. The van der Waals surface area contributed by atoms with Gasteiger partial charge in [-0.25, -0.2) is 0 Å². The van der Waals surface area contributed by atoms with Crippen LogP contribution in [0.2, 0.25) is 0 Å². The molecule has 0 aliphatic rings. The normalized spacial score (nSPS) is 14.3. The number of rotatable bonds is 3. The molecule has 80 valence electrons. The maximum absolute atomic E-state index is 9.71. The van der Waals surface area contributed by atoms with Crippen LogP contribution in [0.1, 0.15) is 22.8 Å². The van der Waals surface area contributed by atoms with Crippen LogP contribution in [0.4, 0.5) is 0 Å². The lowest BCUT2D eigenvalue weighted by molar-refractivity contribution is 0.0242. The van der Waals surface area contributed by atoms with E-state index < -0.39 is 12.2 Å². The van der Waals surface area contributed by atoms with E-state index in [1.165, 1.54) is 0 Å². The minimum absolute atomic E-state index is 0.0418. The summed E-state index contributed by atoms with van der Waals surface area (Å²) in [5.74, 6) is 0. The third-order valence-electron chi connectivity index (χ3n) is 2.25. The quantitative estimate of drug-likeness (QED) is 0.659. The molecule has 4 nitrogen and oxygen atoms in total. The number of hydrogen-bond acceptors (Lipinski definition) is 4. The van der Waals surface area contributed by atoms with Crippen LogP contribution in [0.5, 0.6) is 0 Å². The van der Waals surface area contributed by atoms with Crippen LogP contribution in [0, 0.1) is 18.3 Å². The highest BCUT2D eigenvalue weighted by Crippen LogP contribution is 2.21. The van der Waals surface area contributed by atoms with Gasteiger partial charge in [0, 0.05) is 12.1 Å². The lowest BCUT2D eigenvalue weighted by Gasteiger charge is -2.17. The molecule has 4 N–H and O–H groups in total. The maximum atomic E-state index is 9.71. The summed E-state index contributed by atoms with van der Waals surface area (Å²) in [7, 11) is 0. The van der Waals surface area contributed by atoms with Crippen molar-refractivity contribution in [2.45, 2.75) is 19.1 Å². The number of hydrogen-bond donors (Lipinski definition) is 3. The Morgan fingerprint density at radius 1 is 1.47 bits per heavy atom. The van der Waals surface area contributed by atoms with Gasteiger partial charge < -0.3 is 15.9 Å². The minimum Gasteiger partial charge on any atom is -0.389 e. The summed E-state index contributed by atoms with van der Waals surface area (Å²) < 4.78 is 0. The number of nitrogens with zero attached hydrogens (tertiary/aromatic N) is 1. The van der Waals surface area contributed by atoms with Gasteiger partial charge in [0.25, 0.3) is 0 Å². The molecule has 2 atom stereocenters. The first kappa shape index (κ1) is 11.7. The molecule has 4 heteroatoms. The smallest absolute Gasteiger partial charge is 0.107 e. The van der Waals surface area contributed by atoms with E-state index in [9.17, 15) is 10.2 Å². The maximum Gasteiger partial charge on any atom is 0.107 e. The first-order valence-corrected chi connectivity index (χ1v) is 4.67. The molecule has 0 spiro atoms. The fourth-order valence-corrected chi connectivity index (χ4v) is 1.36. The van der Waals surface area contributed by atoms with E-state index >= 15 is 0 Å². The Bertz CT molecular complexity index is 385. The van der Waals surface area contributed by atoms with Gasteiger partial charge in [0.1, 0.15) is 6.10 Å². The number of aliphatic hydroxyl groups excluding tert-OH is 2. The summed E-state index contributed by atoms with van der Waals surface area (Å²) in [4.78, 5) is 0. The number of benzene rings is 1. The zero-order chi connectivity index (χ0) is 11.4. The summed E-state index contributed by atoms with van der Waals surface area (Å²) in [6, 6.07) is 7.07. The average molecular weight is 206 g/mol.